The molecule has 0 spiro atoms. The lowest BCUT2D eigenvalue weighted by Crippen LogP contribution is -2.17. The number of halogens is 5. The minimum Gasteiger partial charge on any atom is -0.406 e. The molecular weight excluding hydrogens is 312 g/mol. The fraction of sp³-hybridized carbons (Fsp3) is 0.0714. The van der Waals surface area contributed by atoms with E-state index in [9.17, 15) is 22.4 Å². The highest BCUT2D eigenvalue weighted by atomic mass is 35.5. The summed E-state index contributed by atoms with van der Waals surface area (Å²) in [6.07, 6.45) is -4.85. The Bertz CT molecular complexity index is 683. The average Bonchev–Trinajstić information content (AvgIpc) is 2.39. The Morgan fingerprint density at radius 1 is 1.05 bits per heavy atom. The summed E-state index contributed by atoms with van der Waals surface area (Å²) in [5, 5.41) is -0.247. The molecule has 0 aromatic heterocycles. The first-order valence-corrected chi connectivity index (χ1v) is 5.99. The van der Waals surface area contributed by atoms with Gasteiger partial charge in [-0.05, 0) is 30.3 Å². The van der Waals surface area contributed by atoms with E-state index < -0.39 is 23.7 Å². The van der Waals surface area contributed by atoms with Crippen LogP contribution in [0.2, 0.25) is 5.02 Å². The van der Waals surface area contributed by atoms with E-state index in [0.29, 0.717) is 0 Å². The molecule has 7 heteroatoms. The third kappa shape index (κ3) is 3.95. The van der Waals surface area contributed by atoms with Gasteiger partial charge in [0.15, 0.2) is 5.78 Å². The zero-order chi connectivity index (χ0) is 15.6. The summed E-state index contributed by atoms with van der Waals surface area (Å²) in [5.74, 6) is -1.80. The summed E-state index contributed by atoms with van der Waals surface area (Å²) < 4.78 is 53.1. The van der Waals surface area contributed by atoms with Crippen LogP contribution in [-0.4, -0.2) is 12.1 Å². The number of carbonyl (C=O) groups is 1. The van der Waals surface area contributed by atoms with Gasteiger partial charge in [0.05, 0.1) is 5.02 Å². The summed E-state index contributed by atoms with van der Waals surface area (Å²) in [6.45, 7) is 0. The van der Waals surface area contributed by atoms with Crippen molar-refractivity contribution >= 4 is 17.4 Å². The summed E-state index contributed by atoms with van der Waals surface area (Å²) in [7, 11) is 0. The van der Waals surface area contributed by atoms with E-state index in [2.05, 4.69) is 4.74 Å². The van der Waals surface area contributed by atoms with E-state index in [1.165, 1.54) is 18.2 Å². The van der Waals surface area contributed by atoms with Crippen molar-refractivity contribution in [1.29, 1.82) is 0 Å². The molecular formula is C14H7ClF4O2. The first kappa shape index (κ1) is 15.3. The van der Waals surface area contributed by atoms with Gasteiger partial charge in [0.1, 0.15) is 11.6 Å². The third-order valence-corrected chi connectivity index (χ3v) is 2.80. The highest BCUT2D eigenvalue weighted by molar-refractivity contribution is 6.31. The Morgan fingerprint density at radius 3 is 2.33 bits per heavy atom. The zero-order valence-electron chi connectivity index (χ0n) is 10.2. The first-order chi connectivity index (χ1) is 9.76. The summed E-state index contributed by atoms with van der Waals surface area (Å²) in [4.78, 5) is 12.1. The van der Waals surface area contributed by atoms with Crippen molar-refractivity contribution in [2.24, 2.45) is 0 Å². The molecule has 2 aromatic carbocycles. The number of hydrogen-bond acceptors (Lipinski definition) is 2. The fourth-order valence-corrected chi connectivity index (χ4v) is 1.82. The van der Waals surface area contributed by atoms with Gasteiger partial charge >= 0.3 is 6.36 Å². The second-order valence-corrected chi connectivity index (χ2v) is 4.44. The second kappa shape index (κ2) is 5.73. The lowest BCUT2D eigenvalue weighted by molar-refractivity contribution is -0.274. The van der Waals surface area contributed by atoms with E-state index in [-0.39, 0.29) is 16.1 Å². The number of ketones is 1. The highest BCUT2D eigenvalue weighted by Gasteiger charge is 2.31. The van der Waals surface area contributed by atoms with E-state index in [1.807, 2.05) is 0 Å². The predicted molar refractivity (Wildman–Crippen MR) is 68.0 cm³/mol. The number of hydrogen-bond donors (Lipinski definition) is 0. The van der Waals surface area contributed by atoms with Crippen molar-refractivity contribution in [2.45, 2.75) is 6.36 Å². The smallest absolute Gasteiger partial charge is 0.406 e. The highest BCUT2D eigenvalue weighted by Crippen LogP contribution is 2.25. The van der Waals surface area contributed by atoms with Crippen LogP contribution in [0.15, 0.2) is 42.5 Å². The van der Waals surface area contributed by atoms with E-state index in [0.717, 1.165) is 24.3 Å². The Balaban J connectivity index is 2.31. The van der Waals surface area contributed by atoms with E-state index >= 15 is 0 Å². The molecule has 2 rings (SSSR count). The van der Waals surface area contributed by atoms with Gasteiger partial charge in [0.25, 0.3) is 0 Å². The summed E-state index contributed by atoms with van der Waals surface area (Å²) in [5.41, 5.74) is 0.0324. The fourth-order valence-electron chi connectivity index (χ4n) is 1.64. The van der Waals surface area contributed by atoms with Crippen LogP contribution in [0, 0.1) is 5.82 Å². The van der Waals surface area contributed by atoms with Gasteiger partial charge in [0.2, 0.25) is 0 Å². The largest absolute Gasteiger partial charge is 0.573 e. The zero-order valence-corrected chi connectivity index (χ0v) is 11.0. The second-order valence-electron chi connectivity index (χ2n) is 4.03. The Morgan fingerprint density at radius 2 is 1.71 bits per heavy atom. The maximum absolute atomic E-state index is 13.0. The first-order valence-electron chi connectivity index (χ1n) is 5.62. The molecule has 0 aliphatic heterocycles. The van der Waals surface area contributed by atoms with Crippen LogP contribution >= 0.6 is 11.6 Å². The lowest BCUT2D eigenvalue weighted by atomic mass is 10.0. The molecule has 2 aromatic rings. The van der Waals surface area contributed by atoms with Gasteiger partial charge in [-0.3, -0.25) is 4.79 Å². The molecule has 0 radical (unpaired) electrons. The molecule has 110 valence electrons. The van der Waals surface area contributed by atoms with Crippen molar-refractivity contribution in [2.75, 3.05) is 0 Å². The van der Waals surface area contributed by atoms with Crippen molar-refractivity contribution in [3.05, 3.63) is 64.4 Å². The number of rotatable bonds is 3. The molecule has 0 saturated carbocycles. The maximum atomic E-state index is 13.0. The molecule has 0 unspecified atom stereocenters. The minimum atomic E-state index is -4.85. The van der Waals surface area contributed by atoms with Gasteiger partial charge in [-0.15, -0.1) is 13.2 Å². The van der Waals surface area contributed by atoms with E-state index in [4.69, 9.17) is 11.6 Å². The Hall–Kier alpha value is -2.08. The van der Waals surface area contributed by atoms with Gasteiger partial charge in [-0.1, -0.05) is 23.7 Å². The van der Waals surface area contributed by atoms with Crippen LogP contribution in [-0.2, 0) is 0 Å². The SMILES string of the molecule is O=C(c1cccc(OC(F)(F)F)c1)c1ccc(F)c(Cl)c1. The van der Waals surface area contributed by atoms with Gasteiger partial charge in [-0.2, -0.15) is 0 Å². The molecule has 0 bridgehead atoms. The van der Waals surface area contributed by atoms with E-state index in [1.54, 1.807) is 0 Å². The topological polar surface area (TPSA) is 26.3 Å². The van der Waals surface area contributed by atoms with Crippen LogP contribution < -0.4 is 4.74 Å². The Kier molecular flexibility index (Phi) is 4.18. The molecule has 0 aliphatic rings. The molecule has 21 heavy (non-hydrogen) atoms. The number of ether oxygens (including phenoxy) is 1. The molecule has 0 atom stereocenters. The van der Waals surface area contributed by atoms with Crippen LogP contribution in [0.5, 0.6) is 5.75 Å². The monoisotopic (exact) mass is 318 g/mol. The predicted octanol–water partition coefficient (Wildman–Crippen LogP) is 4.61. The molecule has 0 saturated heterocycles. The van der Waals surface area contributed by atoms with Crippen molar-refractivity contribution in [3.63, 3.8) is 0 Å². The average molecular weight is 319 g/mol. The van der Waals surface area contributed by atoms with Gasteiger partial charge in [-0.25, -0.2) is 4.39 Å². The number of carbonyl (C=O) groups excluding carboxylic acids is 1. The molecule has 0 amide bonds. The molecule has 0 heterocycles. The number of benzene rings is 2. The normalized spacial score (nSPS) is 11.3. The van der Waals surface area contributed by atoms with Crippen LogP contribution in [0.1, 0.15) is 15.9 Å². The summed E-state index contributed by atoms with van der Waals surface area (Å²) >= 11 is 5.56. The lowest BCUT2D eigenvalue weighted by Gasteiger charge is -2.09. The maximum Gasteiger partial charge on any atom is 0.573 e. The van der Waals surface area contributed by atoms with Crippen LogP contribution in [0.25, 0.3) is 0 Å². The van der Waals surface area contributed by atoms with Crippen molar-refractivity contribution in [3.8, 4) is 5.75 Å². The molecule has 0 aliphatic carbocycles. The van der Waals surface area contributed by atoms with Gasteiger partial charge in [0, 0.05) is 11.1 Å². The molecule has 0 N–H and O–H groups in total. The van der Waals surface area contributed by atoms with Gasteiger partial charge < -0.3 is 4.74 Å². The molecule has 0 fully saturated rings. The molecule has 2 nitrogen and oxygen atoms in total. The quantitative estimate of drug-likeness (QED) is 0.610. The Labute approximate surface area is 121 Å². The number of alkyl halides is 3. The van der Waals surface area contributed by atoms with Crippen LogP contribution in [0.4, 0.5) is 17.6 Å². The van der Waals surface area contributed by atoms with Crippen molar-refractivity contribution < 1.29 is 27.1 Å². The summed E-state index contributed by atoms with van der Waals surface area (Å²) in [6, 6.07) is 7.90. The standard InChI is InChI=1S/C14H7ClF4O2/c15-11-7-9(4-5-12(11)16)13(20)8-2-1-3-10(6-8)21-14(17,18)19/h1-7H. The van der Waals surface area contributed by atoms with Crippen molar-refractivity contribution in [1.82, 2.24) is 0 Å². The van der Waals surface area contributed by atoms with Crippen LogP contribution in [0.3, 0.4) is 0 Å². The third-order valence-electron chi connectivity index (χ3n) is 2.51. The minimum absolute atomic E-state index is 0.0283.